The second-order valence-electron chi connectivity index (χ2n) is 10.9. The van der Waals surface area contributed by atoms with Crippen LogP contribution >= 0.6 is 11.6 Å². The van der Waals surface area contributed by atoms with Crippen LogP contribution < -0.4 is 10.6 Å². The molecule has 2 amide bonds. The Morgan fingerprint density at radius 3 is 2.41 bits per heavy atom. The average molecular weight is 528 g/mol. The third-order valence-electron chi connectivity index (χ3n) is 8.04. The lowest BCUT2D eigenvalue weighted by molar-refractivity contribution is -0.126. The molecule has 0 bridgehead atoms. The van der Waals surface area contributed by atoms with Crippen LogP contribution in [-0.4, -0.2) is 42.9 Å². The van der Waals surface area contributed by atoms with Crippen molar-refractivity contribution < 1.29 is 14.0 Å². The zero-order chi connectivity index (χ0) is 26.4. The van der Waals surface area contributed by atoms with Gasteiger partial charge in [0, 0.05) is 23.2 Å². The van der Waals surface area contributed by atoms with Gasteiger partial charge in [-0.1, -0.05) is 50.4 Å². The van der Waals surface area contributed by atoms with Crippen molar-refractivity contribution in [2.75, 3.05) is 31.5 Å². The Morgan fingerprint density at radius 2 is 1.76 bits per heavy atom. The Labute approximate surface area is 225 Å². The fourth-order valence-corrected chi connectivity index (χ4v) is 5.88. The van der Waals surface area contributed by atoms with E-state index in [1.165, 1.54) is 6.07 Å². The number of nitrogens with one attached hydrogen (secondary N) is 2. The molecule has 0 atom stereocenters. The number of hydrogen-bond acceptors (Lipinski definition) is 3. The predicted molar refractivity (Wildman–Crippen MR) is 148 cm³/mol. The molecule has 200 valence electrons. The Morgan fingerprint density at radius 1 is 1.08 bits per heavy atom. The molecule has 1 saturated carbocycles. The van der Waals surface area contributed by atoms with E-state index in [4.69, 9.17) is 11.6 Å². The zero-order valence-electron chi connectivity index (χ0n) is 22.0. The molecule has 1 saturated heterocycles. The molecule has 5 nitrogen and oxygen atoms in total. The van der Waals surface area contributed by atoms with Crippen molar-refractivity contribution in [2.24, 2.45) is 5.92 Å². The van der Waals surface area contributed by atoms with Gasteiger partial charge in [-0.25, -0.2) is 4.39 Å². The van der Waals surface area contributed by atoms with Crippen molar-refractivity contribution in [3.8, 4) is 0 Å². The maximum absolute atomic E-state index is 14.6. The summed E-state index contributed by atoms with van der Waals surface area (Å²) in [6.07, 6.45) is 6.55. The fourth-order valence-electron chi connectivity index (χ4n) is 5.76. The van der Waals surface area contributed by atoms with E-state index in [9.17, 15) is 14.0 Å². The topological polar surface area (TPSA) is 61.4 Å². The van der Waals surface area contributed by atoms with Gasteiger partial charge in [-0.05, 0) is 99.1 Å². The van der Waals surface area contributed by atoms with Crippen LogP contribution in [0.3, 0.4) is 0 Å². The molecule has 2 N–H and O–H groups in total. The molecule has 2 aliphatic rings. The van der Waals surface area contributed by atoms with Crippen LogP contribution in [0.5, 0.6) is 0 Å². The molecule has 2 aromatic rings. The summed E-state index contributed by atoms with van der Waals surface area (Å²) in [5, 5.41) is 6.78. The van der Waals surface area contributed by atoms with E-state index in [1.807, 2.05) is 38.1 Å². The molecule has 2 fully saturated rings. The van der Waals surface area contributed by atoms with Crippen molar-refractivity contribution in [1.82, 2.24) is 10.2 Å². The average Bonchev–Trinajstić information content (AvgIpc) is 3.40. The molecule has 1 aliphatic heterocycles. The van der Waals surface area contributed by atoms with Crippen molar-refractivity contribution in [2.45, 2.75) is 70.1 Å². The second-order valence-corrected chi connectivity index (χ2v) is 11.3. The van der Waals surface area contributed by atoms with E-state index < -0.39 is 5.41 Å². The minimum atomic E-state index is -0.434. The number of carbonyl (C=O) groups is 2. The largest absolute Gasteiger partial charge is 0.355 e. The van der Waals surface area contributed by atoms with Gasteiger partial charge in [-0.2, -0.15) is 0 Å². The lowest BCUT2D eigenvalue weighted by atomic mass is 9.78. The summed E-state index contributed by atoms with van der Waals surface area (Å²) in [4.78, 5) is 27.7. The quantitative estimate of drug-likeness (QED) is 0.378. The molecule has 0 unspecified atom stereocenters. The van der Waals surface area contributed by atoms with Gasteiger partial charge in [0.1, 0.15) is 5.82 Å². The van der Waals surface area contributed by atoms with E-state index >= 15 is 0 Å². The maximum atomic E-state index is 14.6. The number of amides is 2. The number of piperidine rings is 1. The minimum Gasteiger partial charge on any atom is -0.355 e. The van der Waals surface area contributed by atoms with Gasteiger partial charge in [0.2, 0.25) is 11.8 Å². The summed E-state index contributed by atoms with van der Waals surface area (Å²) >= 11 is 6.07. The summed E-state index contributed by atoms with van der Waals surface area (Å²) in [6.45, 7) is 7.04. The summed E-state index contributed by atoms with van der Waals surface area (Å²) in [7, 11) is 0. The summed E-state index contributed by atoms with van der Waals surface area (Å²) < 4.78 is 14.6. The van der Waals surface area contributed by atoms with Gasteiger partial charge in [0.05, 0.1) is 5.41 Å². The third kappa shape index (κ3) is 6.71. The highest BCUT2D eigenvalue weighted by atomic mass is 35.5. The molecular formula is C30H39ClFN3O2. The van der Waals surface area contributed by atoms with Crippen LogP contribution in [0.25, 0.3) is 0 Å². The smallest absolute Gasteiger partial charge is 0.230 e. The Hall–Kier alpha value is -2.44. The van der Waals surface area contributed by atoms with E-state index in [2.05, 4.69) is 15.5 Å². The molecule has 37 heavy (non-hydrogen) atoms. The maximum Gasteiger partial charge on any atom is 0.230 e. The van der Waals surface area contributed by atoms with Crippen molar-refractivity contribution in [1.29, 1.82) is 0 Å². The van der Waals surface area contributed by atoms with Gasteiger partial charge in [-0.15, -0.1) is 0 Å². The molecular weight excluding hydrogens is 489 g/mol. The number of hydrogen-bond donors (Lipinski definition) is 2. The van der Waals surface area contributed by atoms with Gasteiger partial charge in [0.15, 0.2) is 0 Å². The molecule has 0 spiro atoms. The van der Waals surface area contributed by atoms with Gasteiger partial charge in [-0.3, -0.25) is 9.59 Å². The van der Waals surface area contributed by atoms with Crippen molar-refractivity contribution in [3.63, 3.8) is 0 Å². The van der Waals surface area contributed by atoms with Crippen LogP contribution in [0.2, 0.25) is 5.02 Å². The number of rotatable bonds is 9. The summed E-state index contributed by atoms with van der Waals surface area (Å²) in [5.74, 6) is -0.112. The normalized spacial score (nSPS) is 18.2. The monoisotopic (exact) mass is 527 g/mol. The standard InChI is InChI=1S/C30H39ClFN3O2/c1-21(2)28(36)34-25-10-11-27(32)26(20-25)22-12-18-35(19-13-22)17-5-16-33-29(37)30(14-3-4-15-30)23-6-8-24(31)9-7-23/h6-11,20-22H,3-5,12-19H2,1-2H3,(H,33,37)(H,34,36). The molecule has 7 heteroatoms. The minimum absolute atomic E-state index is 0.0634. The predicted octanol–water partition coefficient (Wildman–Crippen LogP) is 6.27. The number of benzene rings is 2. The molecule has 0 aromatic heterocycles. The second kappa shape index (κ2) is 12.4. The number of nitrogens with zero attached hydrogens (tertiary/aromatic N) is 1. The van der Waals surface area contributed by atoms with Crippen LogP contribution in [-0.2, 0) is 15.0 Å². The highest BCUT2D eigenvalue weighted by molar-refractivity contribution is 6.30. The zero-order valence-corrected chi connectivity index (χ0v) is 22.7. The Kier molecular flexibility index (Phi) is 9.25. The van der Waals surface area contributed by atoms with Crippen LogP contribution in [0, 0.1) is 11.7 Å². The highest BCUT2D eigenvalue weighted by Gasteiger charge is 2.42. The van der Waals surface area contributed by atoms with Crippen LogP contribution in [0.4, 0.5) is 10.1 Å². The molecule has 2 aromatic carbocycles. The van der Waals surface area contributed by atoms with Gasteiger partial charge in [0.25, 0.3) is 0 Å². The molecule has 1 aliphatic carbocycles. The Balaban J connectivity index is 1.24. The lowest BCUT2D eigenvalue weighted by Gasteiger charge is -2.33. The summed E-state index contributed by atoms with van der Waals surface area (Å²) in [5.41, 5.74) is 1.98. The molecule has 4 rings (SSSR count). The van der Waals surface area contributed by atoms with Crippen molar-refractivity contribution in [3.05, 3.63) is 64.4 Å². The van der Waals surface area contributed by atoms with Crippen LogP contribution in [0.15, 0.2) is 42.5 Å². The van der Waals surface area contributed by atoms with E-state index in [-0.39, 0.29) is 29.5 Å². The van der Waals surface area contributed by atoms with Gasteiger partial charge < -0.3 is 15.5 Å². The number of carbonyl (C=O) groups excluding carboxylic acids is 2. The highest BCUT2D eigenvalue weighted by Crippen LogP contribution is 2.41. The van der Waals surface area contributed by atoms with Gasteiger partial charge >= 0.3 is 0 Å². The first-order valence-corrected chi connectivity index (χ1v) is 14.0. The van der Waals surface area contributed by atoms with Crippen LogP contribution in [0.1, 0.15) is 75.8 Å². The third-order valence-corrected chi connectivity index (χ3v) is 8.29. The first kappa shape index (κ1) is 27.6. The van der Waals surface area contributed by atoms with E-state index in [0.717, 1.165) is 70.1 Å². The fraction of sp³-hybridized carbons (Fsp3) is 0.533. The van der Waals surface area contributed by atoms with E-state index in [0.29, 0.717) is 22.8 Å². The lowest BCUT2D eigenvalue weighted by Crippen LogP contribution is -2.43. The Bertz CT molecular complexity index is 1070. The first-order chi connectivity index (χ1) is 17.8. The number of likely N-dealkylation sites (tertiary alicyclic amines) is 1. The van der Waals surface area contributed by atoms with E-state index in [1.54, 1.807) is 12.1 Å². The number of anilines is 1. The van der Waals surface area contributed by atoms with Crippen molar-refractivity contribution >= 4 is 29.1 Å². The molecule has 0 radical (unpaired) electrons. The number of halogens is 2. The summed E-state index contributed by atoms with van der Waals surface area (Å²) in [6, 6.07) is 12.6. The molecule has 1 heterocycles. The SMILES string of the molecule is CC(C)C(=O)Nc1ccc(F)c(C2CCN(CCCNC(=O)C3(c4ccc(Cl)cc4)CCCC3)CC2)c1. The first-order valence-electron chi connectivity index (χ1n) is 13.7.